The zero-order valence-corrected chi connectivity index (χ0v) is 11.8. The second-order valence-corrected chi connectivity index (χ2v) is 3.60. The maximum Gasteiger partial charge on any atom is 0 e. The first kappa shape index (κ1) is 13.2. The van der Waals surface area contributed by atoms with Crippen LogP contribution in [-0.2, 0) is 26.7 Å². The van der Waals surface area contributed by atoms with E-state index in [0.29, 0.717) is 0 Å². The van der Waals surface area contributed by atoms with Crippen LogP contribution < -0.4 is 10.2 Å². The summed E-state index contributed by atoms with van der Waals surface area (Å²) in [7, 11) is 3.96. The fourth-order valence-corrected chi connectivity index (χ4v) is 1.56. The van der Waals surface area contributed by atoms with E-state index in [0.717, 1.165) is 12.2 Å². The molecular weight excluding hydrogens is 378 g/mol. The van der Waals surface area contributed by atoms with Gasteiger partial charge >= 0.3 is 0 Å². The molecule has 0 fully saturated rings. The third kappa shape index (κ3) is 3.08. The van der Waals surface area contributed by atoms with Crippen molar-refractivity contribution in [1.82, 2.24) is 10.2 Å². The number of benzene rings is 1. The molecule has 0 bridgehead atoms. The van der Waals surface area contributed by atoms with Gasteiger partial charge in [-0.1, -0.05) is 0 Å². The Balaban J connectivity index is 0.00000128. The van der Waals surface area contributed by atoms with Crippen LogP contribution in [0, 0.1) is 12.7 Å². The molecule has 0 spiro atoms. The molecule has 1 radical (unpaired) electrons. The van der Waals surface area contributed by atoms with E-state index >= 15 is 0 Å². The van der Waals surface area contributed by atoms with Gasteiger partial charge in [-0.2, -0.15) is 24.9 Å². The minimum Gasteiger partial charge on any atom is -0.510 e. The summed E-state index contributed by atoms with van der Waals surface area (Å²) in [5.41, 5.74) is 2.34. The zero-order chi connectivity index (χ0) is 10.7. The largest absolute Gasteiger partial charge is 0.510 e. The Hall–Kier alpha value is -0.831. The molecule has 0 saturated carbocycles. The van der Waals surface area contributed by atoms with Crippen molar-refractivity contribution in [2.75, 3.05) is 19.0 Å². The van der Waals surface area contributed by atoms with Crippen LogP contribution in [0.15, 0.2) is 30.6 Å². The fraction of sp³-hybridized carbons (Fsp3) is 0.250. The number of nitrogens with zero attached hydrogens (tertiary/aromatic N) is 2. The van der Waals surface area contributed by atoms with Gasteiger partial charge < -0.3 is 15.1 Å². The van der Waals surface area contributed by atoms with Crippen LogP contribution in [0.1, 0.15) is 5.56 Å². The third-order valence-electron chi connectivity index (χ3n) is 2.28. The fourth-order valence-electron chi connectivity index (χ4n) is 1.56. The van der Waals surface area contributed by atoms with E-state index in [2.05, 4.69) is 28.4 Å². The van der Waals surface area contributed by atoms with Crippen molar-refractivity contribution in [3.63, 3.8) is 0 Å². The van der Waals surface area contributed by atoms with Gasteiger partial charge in [0.2, 0.25) is 0 Å². The molecule has 16 heavy (non-hydrogen) atoms. The molecule has 1 N–H and O–H groups in total. The molecule has 0 saturated heterocycles. The van der Waals surface area contributed by atoms with Gasteiger partial charge in [0.1, 0.15) is 0 Å². The molecule has 1 heterocycles. The van der Waals surface area contributed by atoms with Gasteiger partial charge in [-0.3, -0.25) is 0 Å². The average molecular weight is 393 g/mol. The number of rotatable bonds is 3. The Labute approximate surface area is 110 Å². The first-order valence-electron chi connectivity index (χ1n) is 4.98. The molecule has 1 aromatic carbocycles. The zero-order valence-electron chi connectivity index (χ0n) is 9.40. The van der Waals surface area contributed by atoms with Gasteiger partial charge in [0.25, 0.3) is 0 Å². The van der Waals surface area contributed by atoms with Crippen molar-refractivity contribution < 1.29 is 20.1 Å². The second kappa shape index (κ2) is 6.04. The van der Waals surface area contributed by atoms with Crippen LogP contribution in [0.2, 0.25) is 0 Å². The standard InChI is InChI=1S/C12H15N3.Ir/c1-13-9-11-4-3-5-12(8-11)15-7-6-14(2)10-15;/h3-4,6-8,10,13H,9H2,1-2H3;/q-2;. The summed E-state index contributed by atoms with van der Waals surface area (Å²) in [4.78, 5) is 4.07. The van der Waals surface area contributed by atoms with Gasteiger partial charge in [0.05, 0.1) is 0 Å². The van der Waals surface area contributed by atoms with Crippen molar-refractivity contribution >= 4 is 5.69 Å². The summed E-state index contributed by atoms with van der Waals surface area (Å²) in [6, 6.07) is 9.39. The Morgan fingerprint density at radius 3 is 2.88 bits per heavy atom. The first-order chi connectivity index (χ1) is 7.29. The molecule has 1 aliphatic heterocycles. The summed E-state index contributed by atoms with van der Waals surface area (Å²) in [5.74, 6) is 0. The van der Waals surface area contributed by atoms with E-state index < -0.39 is 0 Å². The van der Waals surface area contributed by atoms with E-state index in [4.69, 9.17) is 0 Å². The van der Waals surface area contributed by atoms with Gasteiger partial charge in [-0.25, -0.2) is 0 Å². The minimum atomic E-state index is 0. The van der Waals surface area contributed by atoms with Crippen molar-refractivity contribution in [3.8, 4) is 0 Å². The van der Waals surface area contributed by atoms with E-state index in [9.17, 15) is 0 Å². The third-order valence-corrected chi connectivity index (χ3v) is 2.28. The maximum absolute atomic E-state index is 3.22. The summed E-state index contributed by atoms with van der Waals surface area (Å²) in [6.07, 6.45) is 4.04. The Bertz CT molecular complexity index is 365. The summed E-state index contributed by atoms with van der Waals surface area (Å²) in [6.45, 7) is 2.91. The normalized spacial score (nSPS) is 14.1. The van der Waals surface area contributed by atoms with Gasteiger partial charge in [-0.15, -0.1) is 17.3 Å². The van der Waals surface area contributed by atoms with E-state index in [1.807, 2.05) is 44.1 Å². The monoisotopic (exact) mass is 394 g/mol. The van der Waals surface area contributed by atoms with Crippen LogP contribution in [0.5, 0.6) is 0 Å². The number of nitrogens with one attached hydrogen (secondary N) is 1. The van der Waals surface area contributed by atoms with E-state index in [1.54, 1.807) is 0 Å². The van der Waals surface area contributed by atoms with Crippen molar-refractivity contribution in [1.29, 1.82) is 0 Å². The predicted molar refractivity (Wildman–Crippen MR) is 61.7 cm³/mol. The molecule has 1 aliphatic rings. The molecule has 89 valence electrons. The van der Waals surface area contributed by atoms with Crippen LogP contribution in [0.4, 0.5) is 5.69 Å². The van der Waals surface area contributed by atoms with Crippen LogP contribution in [0.25, 0.3) is 0 Å². The second-order valence-electron chi connectivity index (χ2n) is 3.60. The summed E-state index contributed by atoms with van der Waals surface area (Å²) < 4.78 is 0. The molecule has 0 aromatic heterocycles. The summed E-state index contributed by atoms with van der Waals surface area (Å²) >= 11 is 0. The molecule has 0 amide bonds. The van der Waals surface area contributed by atoms with Crippen molar-refractivity contribution in [2.24, 2.45) is 0 Å². The first-order valence-corrected chi connectivity index (χ1v) is 4.98. The van der Waals surface area contributed by atoms with Gasteiger partial charge in [0.15, 0.2) is 0 Å². The molecule has 3 nitrogen and oxygen atoms in total. The molecule has 0 aliphatic carbocycles. The van der Waals surface area contributed by atoms with Crippen LogP contribution >= 0.6 is 0 Å². The topological polar surface area (TPSA) is 18.5 Å². The molecular formula is C12H15IrN3-2. The Kier molecular flexibility index (Phi) is 5.00. The molecule has 2 rings (SSSR count). The molecule has 0 unspecified atom stereocenters. The maximum atomic E-state index is 3.22. The van der Waals surface area contributed by atoms with E-state index in [1.165, 1.54) is 5.56 Å². The molecule has 4 heteroatoms. The minimum absolute atomic E-state index is 0. The number of anilines is 1. The SMILES string of the molecule is CNCc1cc[c-]c(N2C=CN(C)[CH-]2)c1.[Ir]. The predicted octanol–water partition coefficient (Wildman–Crippen LogP) is 1.55. The van der Waals surface area contributed by atoms with Crippen molar-refractivity contribution in [3.05, 3.63) is 48.9 Å². The quantitative estimate of drug-likeness (QED) is 0.787. The smallest absolute Gasteiger partial charge is 0 e. The van der Waals surface area contributed by atoms with E-state index in [-0.39, 0.29) is 20.1 Å². The van der Waals surface area contributed by atoms with Gasteiger partial charge in [0, 0.05) is 20.1 Å². The molecule has 1 aromatic rings. The van der Waals surface area contributed by atoms with Crippen LogP contribution in [0.3, 0.4) is 0 Å². The van der Waals surface area contributed by atoms with Crippen molar-refractivity contribution in [2.45, 2.75) is 6.54 Å². The van der Waals surface area contributed by atoms with Crippen LogP contribution in [-0.4, -0.2) is 19.0 Å². The average Bonchev–Trinajstić information content (AvgIpc) is 2.66. The Morgan fingerprint density at radius 2 is 2.25 bits per heavy atom. The van der Waals surface area contributed by atoms with Gasteiger partial charge in [-0.05, 0) is 33.0 Å². The summed E-state index contributed by atoms with van der Waals surface area (Å²) in [5, 5.41) is 3.14. The number of hydrogen-bond donors (Lipinski definition) is 1. The Morgan fingerprint density at radius 1 is 1.44 bits per heavy atom. The number of hydrogen-bond acceptors (Lipinski definition) is 3. The molecule has 0 atom stereocenters.